The molecule has 1 aliphatic heterocycles. The second-order valence-corrected chi connectivity index (χ2v) is 8.32. The summed E-state index contributed by atoms with van der Waals surface area (Å²) < 4.78 is 14.8. The van der Waals surface area contributed by atoms with Gasteiger partial charge in [0.1, 0.15) is 5.82 Å². The number of carbonyl (C=O) groups is 2. The molecule has 0 radical (unpaired) electrons. The SMILES string of the molecule is Cc1ccc(N2CC(C(=O)Nc3nc4scc(-c5ccc(F)cc5)n4n3)CC2=O)cc1. The van der Waals surface area contributed by atoms with E-state index in [0.29, 0.717) is 11.5 Å². The van der Waals surface area contributed by atoms with Crippen LogP contribution < -0.4 is 10.2 Å². The largest absolute Gasteiger partial charge is 0.312 e. The quantitative estimate of drug-likeness (QED) is 0.527. The van der Waals surface area contributed by atoms with E-state index < -0.39 is 5.92 Å². The van der Waals surface area contributed by atoms with Crippen molar-refractivity contribution in [1.82, 2.24) is 14.6 Å². The number of amides is 2. The molecule has 4 aromatic rings. The van der Waals surface area contributed by atoms with Gasteiger partial charge in [-0.25, -0.2) is 8.91 Å². The molecule has 2 aromatic carbocycles. The highest BCUT2D eigenvalue weighted by molar-refractivity contribution is 7.15. The minimum atomic E-state index is -0.480. The second kappa shape index (κ2) is 7.59. The average Bonchev–Trinajstić information content (AvgIpc) is 3.44. The van der Waals surface area contributed by atoms with Crippen molar-refractivity contribution in [3.05, 3.63) is 65.3 Å². The number of anilines is 2. The van der Waals surface area contributed by atoms with Gasteiger partial charge in [-0.15, -0.1) is 16.4 Å². The molecule has 5 rings (SSSR count). The van der Waals surface area contributed by atoms with Gasteiger partial charge in [-0.05, 0) is 43.3 Å². The third-order valence-electron chi connectivity index (χ3n) is 5.30. The summed E-state index contributed by atoms with van der Waals surface area (Å²) >= 11 is 1.37. The molecule has 0 spiro atoms. The zero-order valence-electron chi connectivity index (χ0n) is 16.6. The maximum atomic E-state index is 13.2. The smallest absolute Gasteiger partial charge is 0.250 e. The molecule has 2 amide bonds. The van der Waals surface area contributed by atoms with E-state index >= 15 is 0 Å². The van der Waals surface area contributed by atoms with Crippen molar-refractivity contribution >= 4 is 39.7 Å². The highest BCUT2D eigenvalue weighted by Crippen LogP contribution is 2.28. The van der Waals surface area contributed by atoms with Crippen LogP contribution in [-0.4, -0.2) is 33.0 Å². The zero-order chi connectivity index (χ0) is 21.5. The summed E-state index contributed by atoms with van der Waals surface area (Å²) in [5.41, 5.74) is 3.45. The number of aryl methyl sites for hydroxylation is 1. The Kier molecular flexibility index (Phi) is 4.74. The fourth-order valence-electron chi connectivity index (χ4n) is 3.62. The van der Waals surface area contributed by atoms with E-state index in [2.05, 4.69) is 15.4 Å². The van der Waals surface area contributed by atoms with E-state index in [1.165, 1.54) is 23.5 Å². The van der Waals surface area contributed by atoms with Gasteiger partial charge in [0.2, 0.25) is 22.7 Å². The van der Waals surface area contributed by atoms with Gasteiger partial charge in [0.25, 0.3) is 0 Å². The number of nitrogens with one attached hydrogen (secondary N) is 1. The number of nitrogens with zero attached hydrogens (tertiary/aromatic N) is 4. The Bertz CT molecular complexity index is 1280. The Morgan fingerprint density at radius 1 is 1.16 bits per heavy atom. The Balaban J connectivity index is 1.32. The molecule has 3 heterocycles. The average molecular weight is 435 g/mol. The molecule has 7 nitrogen and oxygen atoms in total. The molecule has 31 heavy (non-hydrogen) atoms. The van der Waals surface area contributed by atoms with E-state index in [0.717, 1.165) is 22.5 Å². The summed E-state index contributed by atoms with van der Waals surface area (Å²) in [4.78, 5) is 31.8. The lowest BCUT2D eigenvalue weighted by atomic mass is 10.1. The van der Waals surface area contributed by atoms with Gasteiger partial charge in [-0.1, -0.05) is 17.7 Å². The topological polar surface area (TPSA) is 79.6 Å². The normalized spacial score (nSPS) is 16.3. The maximum Gasteiger partial charge on any atom is 0.250 e. The monoisotopic (exact) mass is 435 g/mol. The molecule has 9 heteroatoms. The molecule has 1 unspecified atom stereocenters. The molecule has 156 valence electrons. The Hall–Kier alpha value is -3.59. The summed E-state index contributed by atoms with van der Waals surface area (Å²) in [5.74, 6) is -0.980. The van der Waals surface area contributed by atoms with Crippen molar-refractivity contribution in [1.29, 1.82) is 0 Å². The van der Waals surface area contributed by atoms with Crippen molar-refractivity contribution in [3.8, 4) is 11.3 Å². The molecular weight excluding hydrogens is 417 g/mol. The van der Waals surface area contributed by atoms with Crippen LogP contribution in [0.4, 0.5) is 16.0 Å². The highest BCUT2D eigenvalue weighted by atomic mass is 32.1. The van der Waals surface area contributed by atoms with Crippen LogP contribution in [0.3, 0.4) is 0 Å². The van der Waals surface area contributed by atoms with E-state index in [4.69, 9.17) is 0 Å². The fourth-order valence-corrected chi connectivity index (χ4v) is 4.45. The minimum absolute atomic E-state index is 0.0821. The molecule has 2 aromatic heterocycles. The van der Waals surface area contributed by atoms with E-state index in [-0.39, 0.29) is 30.0 Å². The maximum absolute atomic E-state index is 13.2. The number of hydrogen-bond donors (Lipinski definition) is 1. The first-order chi connectivity index (χ1) is 15.0. The van der Waals surface area contributed by atoms with Gasteiger partial charge < -0.3 is 4.90 Å². The van der Waals surface area contributed by atoms with Crippen molar-refractivity contribution in [2.75, 3.05) is 16.8 Å². The first-order valence-electron chi connectivity index (χ1n) is 9.76. The van der Waals surface area contributed by atoms with Crippen LogP contribution in [0, 0.1) is 18.7 Å². The van der Waals surface area contributed by atoms with Crippen LogP contribution in [0.5, 0.6) is 0 Å². The van der Waals surface area contributed by atoms with Gasteiger partial charge in [0, 0.05) is 29.6 Å². The number of fused-ring (bicyclic) bond motifs is 1. The lowest BCUT2D eigenvalue weighted by molar-refractivity contribution is -0.122. The number of hydrogen-bond acceptors (Lipinski definition) is 5. The molecule has 1 atom stereocenters. The lowest BCUT2D eigenvalue weighted by Crippen LogP contribution is -2.28. The van der Waals surface area contributed by atoms with Crippen LogP contribution in [0.15, 0.2) is 53.9 Å². The number of halogens is 1. The Morgan fingerprint density at radius 3 is 2.65 bits per heavy atom. The molecule has 1 N–H and O–H groups in total. The minimum Gasteiger partial charge on any atom is -0.312 e. The summed E-state index contributed by atoms with van der Waals surface area (Å²) in [7, 11) is 0. The third-order valence-corrected chi connectivity index (χ3v) is 6.11. The molecule has 1 aliphatic rings. The van der Waals surface area contributed by atoms with E-state index in [1.54, 1.807) is 21.5 Å². The van der Waals surface area contributed by atoms with Gasteiger partial charge >= 0.3 is 0 Å². The first kappa shape index (κ1) is 19.4. The standard InChI is InChI=1S/C22H18FN5O2S/c1-13-2-8-17(9-3-13)27-11-15(10-19(27)29)20(30)24-21-25-22-28(26-21)18(12-31-22)14-4-6-16(23)7-5-14/h2-9,12,15H,10-11H2,1H3,(H,24,26,30). The number of thiazole rings is 1. The number of carbonyl (C=O) groups excluding carboxylic acids is 2. The highest BCUT2D eigenvalue weighted by Gasteiger charge is 2.35. The Labute approximate surface area is 181 Å². The molecule has 1 saturated heterocycles. The van der Waals surface area contributed by atoms with Gasteiger partial charge in [-0.2, -0.15) is 4.98 Å². The number of rotatable bonds is 4. The first-order valence-corrected chi connectivity index (χ1v) is 10.6. The molecule has 0 aliphatic carbocycles. The summed E-state index contributed by atoms with van der Waals surface area (Å²) in [6.07, 6.45) is 0.142. The predicted molar refractivity (Wildman–Crippen MR) is 117 cm³/mol. The van der Waals surface area contributed by atoms with Crippen molar-refractivity contribution in [2.45, 2.75) is 13.3 Å². The summed E-state index contributed by atoms with van der Waals surface area (Å²) in [6.45, 7) is 2.30. The van der Waals surface area contributed by atoms with Gasteiger partial charge in [0.15, 0.2) is 0 Å². The van der Waals surface area contributed by atoms with E-state index in [9.17, 15) is 14.0 Å². The number of benzene rings is 2. The molecule has 0 bridgehead atoms. The lowest BCUT2D eigenvalue weighted by Gasteiger charge is -2.16. The van der Waals surface area contributed by atoms with Gasteiger partial charge in [0.05, 0.1) is 11.6 Å². The molecule has 0 saturated carbocycles. The van der Waals surface area contributed by atoms with Gasteiger partial charge in [-0.3, -0.25) is 14.9 Å². The van der Waals surface area contributed by atoms with E-state index in [1.807, 2.05) is 36.6 Å². The Morgan fingerprint density at radius 2 is 1.90 bits per heavy atom. The fraction of sp³-hybridized carbons (Fsp3) is 0.182. The van der Waals surface area contributed by atoms with Crippen molar-refractivity contribution in [3.63, 3.8) is 0 Å². The van der Waals surface area contributed by atoms with Crippen LogP contribution in [0.2, 0.25) is 0 Å². The van der Waals surface area contributed by atoms with Crippen molar-refractivity contribution < 1.29 is 14.0 Å². The third kappa shape index (κ3) is 3.68. The predicted octanol–water partition coefficient (Wildman–Crippen LogP) is 3.90. The summed E-state index contributed by atoms with van der Waals surface area (Å²) in [5, 5.41) is 8.99. The van der Waals surface area contributed by atoms with Crippen molar-refractivity contribution in [2.24, 2.45) is 5.92 Å². The number of aromatic nitrogens is 3. The molecular formula is C22H18FN5O2S. The van der Waals surface area contributed by atoms with Crippen LogP contribution in [0.1, 0.15) is 12.0 Å². The second-order valence-electron chi connectivity index (χ2n) is 7.49. The summed E-state index contributed by atoms with van der Waals surface area (Å²) in [6, 6.07) is 13.8. The van der Waals surface area contributed by atoms with Crippen LogP contribution >= 0.6 is 11.3 Å². The zero-order valence-corrected chi connectivity index (χ0v) is 17.4. The van der Waals surface area contributed by atoms with Crippen LogP contribution in [0.25, 0.3) is 16.2 Å². The van der Waals surface area contributed by atoms with Crippen LogP contribution in [-0.2, 0) is 9.59 Å². The molecule has 1 fully saturated rings.